The standard InChI is InChI=1S/C34H52N2O3S/c1-19(2)28-27(29(37)31-35-20(3)30(40-31)33(8,9)10)25(22-13-15-38-16-14-22)26-23(36-28)17-34(11,12)18-24(26)39-21(4)32(5,6)7/h13,19,21,24,29,37H,14-18H2,1-12H3/t21?,24?,29-/m1/s1. The Kier molecular flexibility index (Phi) is 8.81. The summed E-state index contributed by atoms with van der Waals surface area (Å²) in [5, 5.41) is 13.0. The molecule has 0 aromatic carbocycles. The first-order chi connectivity index (χ1) is 18.4. The van der Waals surface area contributed by atoms with E-state index in [1.807, 2.05) is 0 Å². The Balaban J connectivity index is 2.02. The van der Waals surface area contributed by atoms with Crippen LogP contribution in [0.1, 0.15) is 151 Å². The SMILES string of the molecule is Cc1nc([C@H](O)c2c(C(C)C)nc3c(c2C2=CCOCC2)C(OC(C)C(C)(C)C)CC(C)(C)C3)sc1C(C)(C)C. The molecule has 2 unspecified atom stereocenters. The summed E-state index contributed by atoms with van der Waals surface area (Å²) in [5.41, 5.74) is 7.58. The summed E-state index contributed by atoms with van der Waals surface area (Å²) >= 11 is 1.63. The summed E-state index contributed by atoms with van der Waals surface area (Å²) in [6.07, 6.45) is 3.92. The molecule has 0 saturated carbocycles. The molecule has 0 radical (unpaired) electrons. The molecule has 1 N–H and O–H groups in total. The zero-order valence-electron chi connectivity index (χ0n) is 27.0. The van der Waals surface area contributed by atoms with Gasteiger partial charge in [-0.2, -0.15) is 0 Å². The molecule has 6 heteroatoms. The summed E-state index contributed by atoms with van der Waals surface area (Å²) in [4.78, 5) is 11.5. The molecule has 4 rings (SSSR count). The van der Waals surface area contributed by atoms with Gasteiger partial charge >= 0.3 is 0 Å². The molecule has 2 aromatic rings. The van der Waals surface area contributed by atoms with E-state index < -0.39 is 6.10 Å². The van der Waals surface area contributed by atoms with Crippen LogP contribution in [-0.2, 0) is 21.3 Å². The highest BCUT2D eigenvalue weighted by Gasteiger charge is 2.41. The zero-order valence-corrected chi connectivity index (χ0v) is 27.8. The fourth-order valence-electron chi connectivity index (χ4n) is 6.03. The first-order valence-electron chi connectivity index (χ1n) is 15.1. The normalized spacial score (nSPS) is 21.2. The number of nitrogens with zero attached hydrogens (tertiary/aromatic N) is 2. The van der Waals surface area contributed by atoms with Gasteiger partial charge in [0.15, 0.2) is 0 Å². The predicted octanol–water partition coefficient (Wildman–Crippen LogP) is 8.62. The number of fused-ring (bicyclic) bond motifs is 1. The van der Waals surface area contributed by atoms with Crippen LogP contribution in [0.3, 0.4) is 0 Å². The quantitative estimate of drug-likeness (QED) is 0.378. The van der Waals surface area contributed by atoms with Gasteiger partial charge in [0, 0.05) is 21.7 Å². The van der Waals surface area contributed by atoms with Crippen molar-refractivity contribution in [3.63, 3.8) is 0 Å². The van der Waals surface area contributed by atoms with Gasteiger partial charge in [0.2, 0.25) is 0 Å². The largest absolute Gasteiger partial charge is 0.381 e. The van der Waals surface area contributed by atoms with E-state index in [1.54, 1.807) is 11.3 Å². The van der Waals surface area contributed by atoms with Gasteiger partial charge in [-0.15, -0.1) is 11.3 Å². The molecule has 2 aliphatic rings. The Labute approximate surface area is 246 Å². The summed E-state index contributed by atoms with van der Waals surface area (Å²) in [6.45, 7) is 27.9. The van der Waals surface area contributed by atoms with Crippen molar-refractivity contribution >= 4 is 16.9 Å². The monoisotopic (exact) mass is 568 g/mol. The van der Waals surface area contributed by atoms with Gasteiger partial charge in [0.05, 0.1) is 36.8 Å². The number of aryl methyl sites for hydroxylation is 1. The van der Waals surface area contributed by atoms with Crippen LogP contribution in [0.15, 0.2) is 6.08 Å². The number of thiazole rings is 1. The fraction of sp³-hybridized carbons (Fsp3) is 0.706. The fourth-order valence-corrected chi connectivity index (χ4v) is 7.15. The van der Waals surface area contributed by atoms with Gasteiger partial charge in [-0.25, -0.2) is 4.98 Å². The summed E-state index contributed by atoms with van der Waals surface area (Å²) in [6, 6.07) is 0. The number of hydrogen-bond acceptors (Lipinski definition) is 6. The molecule has 0 fully saturated rings. The van der Waals surface area contributed by atoms with E-state index in [-0.39, 0.29) is 34.4 Å². The minimum absolute atomic E-state index is 0.00921. The maximum absolute atomic E-state index is 12.2. The van der Waals surface area contributed by atoms with E-state index in [0.717, 1.165) is 52.5 Å². The molecule has 1 aliphatic heterocycles. The lowest BCUT2D eigenvalue weighted by Crippen LogP contribution is -2.35. The van der Waals surface area contributed by atoms with Crippen molar-refractivity contribution in [1.82, 2.24) is 9.97 Å². The van der Waals surface area contributed by atoms with Gasteiger partial charge < -0.3 is 14.6 Å². The van der Waals surface area contributed by atoms with E-state index >= 15 is 0 Å². The van der Waals surface area contributed by atoms with Crippen molar-refractivity contribution in [3.8, 4) is 0 Å². The number of aromatic nitrogens is 2. The van der Waals surface area contributed by atoms with Crippen LogP contribution in [-0.4, -0.2) is 34.4 Å². The molecule has 5 nitrogen and oxygen atoms in total. The lowest BCUT2D eigenvalue weighted by atomic mass is 9.71. The average Bonchev–Trinajstić information content (AvgIpc) is 3.23. The third-order valence-corrected chi connectivity index (χ3v) is 10.1. The molecule has 40 heavy (non-hydrogen) atoms. The van der Waals surface area contributed by atoms with Gasteiger partial charge in [0.1, 0.15) is 11.1 Å². The van der Waals surface area contributed by atoms with E-state index in [1.165, 1.54) is 16.0 Å². The Hall–Kier alpha value is -1.60. The highest BCUT2D eigenvalue weighted by atomic mass is 32.1. The van der Waals surface area contributed by atoms with Crippen LogP contribution in [0.25, 0.3) is 5.57 Å². The molecule has 222 valence electrons. The number of rotatable bonds is 6. The van der Waals surface area contributed by atoms with Crippen LogP contribution in [0.4, 0.5) is 0 Å². The van der Waals surface area contributed by atoms with E-state index in [4.69, 9.17) is 19.4 Å². The van der Waals surface area contributed by atoms with Crippen LogP contribution >= 0.6 is 11.3 Å². The van der Waals surface area contributed by atoms with Crippen LogP contribution in [0.5, 0.6) is 0 Å². The summed E-state index contributed by atoms with van der Waals surface area (Å²) in [5.74, 6) is 0.148. The highest BCUT2D eigenvalue weighted by Crippen LogP contribution is 2.50. The summed E-state index contributed by atoms with van der Waals surface area (Å²) in [7, 11) is 0. The van der Waals surface area contributed by atoms with Gasteiger partial charge in [-0.3, -0.25) is 4.98 Å². The Bertz CT molecular complexity index is 1260. The molecule has 0 spiro atoms. The third-order valence-electron chi connectivity index (χ3n) is 8.51. The third kappa shape index (κ3) is 6.40. The molecule has 3 heterocycles. The Morgan fingerprint density at radius 2 is 1.77 bits per heavy atom. The number of aliphatic hydroxyl groups excluding tert-OH is 1. The number of ether oxygens (including phenoxy) is 2. The minimum atomic E-state index is -0.857. The first-order valence-corrected chi connectivity index (χ1v) is 15.9. The van der Waals surface area contributed by atoms with Gasteiger partial charge in [-0.1, -0.05) is 75.3 Å². The second-order valence-electron chi connectivity index (χ2n) is 15.2. The lowest BCUT2D eigenvalue weighted by Gasteiger charge is -2.42. The minimum Gasteiger partial charge on any atom is -0.381 e. The highest BCUT2D eigenvalue weighted by molar-refractivity contribution is 7.12. The van der Waals surface area contributed by atoms with Crippen molar-refractivity contribution < 1.29 is 14.6 Å². The molecule has 0 amide bonds. The lowest BCUT2D eigenvalue weighted by molar-refractivity contribution is -0.0778. The van der Waals surface area contributed by atoms with Gasteiger partial charge in [0.25, 0.3) is 0 Å². The van der Waals surface area contributed by atoms with Crippen molar-refractivity contribution in [3.05, 3.63) is 49.7 Å². The Morgan fingerprint density at radius 3 is 2.30 bits per heavy atom. The Morgan fingerprint density at radius 1 is 1.10 bits per heavy atom. The average molecular weight is 569 g/mol. The van der Waals surface area contributed by atoms with E-state index in [9.17, 15) is 5.11 Å². The molecule has 2 aromatic heterocycles. The molecule has 0 saturated heterocycles. The van der Waals surface area contributed by atoms with Crippen molar-refractivity contribution in [2.24, 2.45) is 10.8 Å². The smallest absolute Gasteiger partial charge is 0.133 e. The molecular formula is C34H52N2O3S. The number of aliphatic hydroxyl groups is 1. The van der Waals surface area contributed by atoms with Crippen molar-refractivity contribution in [2.45, 2.75) is 132 Å². The van der Waals surface area contributed by atoms with E-state index in [2.05, 4.69) is 89.2 Å². The van der Waals surface area contributed by atoms with Gasteiger partial charge in [-0.05, 0) is 66.4 Å². The van der Waals surface area contributed by atoms with Crippen molar-refractivity contribution in [1.29, 1.82) is 0 Å². The predicted molar refractivity (Wildman–Crippen MR) is 166 cm³/mol. The zero-order chi connectivity index (χ0) is 29.8. The molecular weight excluding hydrogens is 516 g/mol. The van der Waals surface area contributed by atoms with Crippen molar-refractivity contribution in [2.75, 3.05) is 13.2 Å². The second-order valence-corrected chi connectivity index (χ2v) is 16.2. The molecule has 0 bridgehead atoms. The first kappa shape index (κ1) is 31.3. The van der Waals surface area contributed by atoms with Crippen LogP contribution in [0, 0.1) is 17.8 Å². The second kappa shape index (κ2) is 11.2. The number of hydrogen-bond donors (Lipinski definition) is 1. The number of pyridine rings is 1. The molecule has 3 atom stereocenters. The molecule has 1 aliphatic carbocycles. The van der Waals surface area contributed by atoms with E-state index in [0.29, 0.717) is 13.2 Å². The maximum Gasteiger partial charge on any atom is 0.133 e. The van der Waals surface area contributed by atoms with Crippen LogP contribution < -0.4 is 0 Å². The summed E-state index contributed by atoms with van der Waals surface area (Å²) < 4.78 is 12.7. The maximum atomic E-state index is 12.2. The van der Waals surface area contributed by atoms with Crippen LogP contribution in [0.2, 0.25) is 0 Å². The topological polar surface area (TPSA) is 64.5 Å².